The molecule has 0 radical (unpaired) electrons. The first-order valence-corrected chi connectivity index (χ1v) is 5.95. The van der Waals surface area contributed by atoms with Crippen molar-refractivity contribution in [1.29, 1.82) is 0 Å². The van der Waals surface area contributed by atoms with Crippen molar-refractivity contribution in [2.75, 3.05) is 0 Å². The van der Waals surface area contributed by atoms with Crippen molar-refractivity contribution in [3.8, 4) is 11.3 Å². The van der Waals surface area contributed by atoms with Crippen molar-refractivity contribution in [3.05, 3.63) is 60.5 Å². The fourth-order valence-corrected chi connectivity index (χ4v) is 1.87. The van der Waals surface area contributed by atoms with E-state index < -0.39 is 0 Å². The molecule has 0 fully saturated rings. The molecule has 94 valence electrons. The number of benzene rings is 1. The predicted molar refractivity (Wildman–Crippen MR) is 71.1 cm³/mol. The Balaban J connectivity index is 1.92. The van der Waals surface area contributed by atoms with Crippen LogP contribution in [-0.4, -0.2) is 25.1 Å². The number of hydrogen-bond acceptors (Lipinski definition) is 3. The first-order valence-electron chi connectivity index (χ1n) is 5.57. The van der Waals surface area contributed by atoms with Crippen LogP contribution in [0.2, 0.25) is 5.15 Å². The van der Waals surface area contributed by atoms with Gasteiger partial charge < -0.3 is 0 Å². The highest BCUT2D eigenvalue weighted by Crippen LogP contribution is 2.16. The first-order chi connectivity index (χ1) is 9.24. The molecule has 0 atom stereocenters. The Bertz CT molecular complexity index is 717. The van der Waals surface area contributed by atoms with Crippen LogP contribution in [0.15, 0.2) is 55.4 Å². The Morgan fingerprint density at radius 2 is 1.68 bits per heavy atom. The summed E-state index contributed by atoms with van der Waals surface area (Å²) >= 11 is 5.68. The largest absolute Gasteiger partial charge is 0.338 e. The predicted octanol–water partition coefficient (Wildman–Crippen LogP) is 2.92. The van der Waals surface area contributed by atoms with Crippen LogP contribution in [0, 0.1) is 0 Å². The molecule has 0 saturated heterocycles. The Morgan fingerprint density at radius 3 is 2.37 bits per heavy atom. The van der Waals surface area contributed by atoms with E-state index in [-0.39, 0.29) is 11.2 Å². The lowest BCUT2D eigenvalue weighted by atomic mass is 10.2. The topological polar surface area (TPSA) is 52.7 Å². The second kappa shape index (κ2) is 4.70. The number of imidazole rings is 2. The van der Waals surface area contributed by atoms with E-state index >= 15 is 0 Å². The van der Waals surface area contributed by atoms with E-state index in [1.807, 2.05) is 30.3 Å². The van der Waals surface area contributed by atoms with E-state index in [0.29, 0.717) is 0 Å². The maximum atomic E-state index is 12.1. The minimum Gasteiger partial charge on any atom is -0.257 e. The number of nitrogens with zero attached hydrogens (tertiary/aromatic N) is 4. The molecule has 2 heterocycles. The Kier molecular flexibility index (Phi) is 2.89. The highest BCUT2D eigenvalue weighted by atomic mass is 35.5. The molecular weight excluding hydrogens is 264 g/mol. The lowest BCUT2D eigenvalue weighted by Gasteiger charge is -1.99. The Labute approximate surface area is 114 Å². The molecule has 0 aliphatic heterocycles. The van der Waals surface area contributed by atoms with Gasteiger partial charge in [0.05, 0.1) is 11.9 Å². The van der Waals surface area contributed by atoms with Crippen LogP contribution in [0.1, 0.15) is 0 Å². The number of aromatic nitrogens is 4. The minimum absolute atomic E-state index is 0.275. The summed E-state index contributed by atoms with van der Waals surface area (Å²) in [6.07, 6.45) is 5.96. The molecule has 5 nitrogen and oxygen atoms in total. The van der Waals surface area contributed by atoms with E-state index in [0.717, 1.165) is 11.3 Å². The van der Waals surface area contributed by atoms with Gasteiger partial charge in [-0.3, -0.25) is 9.13 Å². The molecule has 1 aromatic carbocycles. The fourth-order valence-electron chi connectivity index (χ4n) is 1.72. The lowest BCUT2D eigenvalue weighted by molar-refractivity contribution is 0.244. The lowest BCUT2D eigenvalue weighted by Crippen LogP contribution is -2.15. The van der Waals surface area contributed by atoms with Gasteiger partial charge in [0, 0.05) is 11.8 Å². The summed E-state index contributed by atoms with van der Waals surface area (Å²) in [5.41, 5.74) is 1.69. The molecule has 0 spiro atoms. The van der Waals surface area contributed by atoms with Crippen LogP contribution in [0.25, 0.3) is 11.3 Å². The van der Waals surface area contributed by atoms with E-state index in [9.17, 15) is 4.79 Å². The smallest absolute Gasteiger partial charge is 0.257 e. The average molecular weight is 273 g/mol. The molecule has 0 amide bonds. The normalized spacial score (nSPS) is 10.6. The zero-order valence-electron chi connectivity index (χ0n) is 9.77. The van der Waals surface area contributed by atoms with Gasteiger partial charge in [0.25, 0.3) is 0 Å². The third-order valence-electron chi connectivity index (χ3n) is 2.64. The van der Waals surface area contributed by atoms with Crippen molar-refractivity contribution in [2.45, 2.75) is 0 Å². The van der Waals surface area contributed by atoms with Crippen LogP contribution >= 0.6 is 11.6 Å². The molecule has 6 heteroatoms. The maximum Gasteiger partial charge on any atom is 0.338 e. The monoisotopic (exact) mass is 272 g/mol. The zero-order valence-corrected chi connectivity index (χ0v) is 10.5. The van der Waals surface area contributed by atoms with Gasteiger partial charge in [0.15, 0.2) is 0 Å². The minimum atomic E-state index is -0.283. The molecule has 0 unspecified atom stereocenters. The van der Waals surface area contributed by atoms with Crippen LogP contribution in [-0.2, 0) is 0 Å². The van der Waals surface area contributed by atoms with Gasteiger partial charge in [-0.15, -0.1) is 0 Å². The van der Waals surface area contributed by atoms with Gasteiger partial charge in [0.2, 0.25) is 0 Å². The number of halogens is 1. The second-order valence-corrected chi connectivity index (χ2v) is 4.31. The van der Waals surface area contributed by atoms with Gasteiger partial charge in [-0.05, 0) is 0 Å². The summed E-state index contributed by atoms with van der Waals surface area (Å²) in [7, 11) is 0. The third-order valence-corrected chi connectivity index (χ3v) is 2.84. The molecule has 19 heavy (non-hydrogen) atoms. The van der Waals surface area contributed by atoms with E-state index in [2.05, 4.69) is 9.97 Å². The molecular formula is C13H9ClN4O. The van der Waals surface area contributed by atoms with Crippen molar-refractivity contribution >= 4 is 17.6 Å². The zero-order chi connectivity index (χ0) is 13.2. The van der Waals surface area contributed by atoms with Gasteiger partial charge in [-0.1, -0.05) is 41.9 Å². The number of carbonyl (C=O) groups excluding carboxylic acids is 1. The summed E-state index contributed by atoms with van der Waals surface area (Å²) in [4.78, 5) is 20.1. The molecule has 0 saturated carbocycles. The number of carbonyl (C=O) groups is 1. The quantitative estimate of drug-likeness (QED) is 0.684. The average Bonchev–Trinajstić information content (AvgIpc) is 3.08. The Morgan fingerprint density at radius 1 is 1.00 bits per heavy atom. The van der Waals surface area contributed by atoms with Crippen molar-refractivity contribution in [1.82, 2.24) is 19.1 Å². The summed E-state index contributed by atoms with van der Waals surface area (Å²) in [6, 6.07) is 9.36. The van der Waals surface area contributed by atoms with Crippen LogP contribution < -0.4 is 0 Å². The van der Waals surface area contributed by atoms with Crippen LogP contribution in [0.3, 0.4) is 0 Å². The number of hydrogen-bond donors (Lipinski definition) is 0. The van der Waals surface area contributed by atoms with Gasteiger partial charge >= 0.3 is 6.03 Å². The van der Waals surface area contributed by atoms with E-state index in [1.165, 1.54) is 28.0 Å². The van der Waals surface area contributed by atoms with Crippen LogP contribution in [0.4, 0.5) is 4.79 Å². The van der Waals surface area contributed by atoms with Gasteiger partial charge in [-0.2, -0.15) is 0 Å². The second-order valence-electron chi connectivity index (χ2n) is 3.92. The van der Waals surface area contributed by atoms with Crippen molar-refractivity contribution in [2.24, 2.45) is 0 Å². The van der Waals surface area contributed by atoms with Crippen molar-refractivity contribution in [3.63, 3.8) is 0 Å². The molecule has 2 aromatic heterocycles. The maximum absolute atomic E-state index is 12.1. The summed E-state index contributed by atoms with van der Waals surface area (Å²) in [5.74, 6) is 0. The summed E-state index contributed by atoms with van der Waals surface area (Å²) in [5, 5.41) is 0.275. The molecule has 3 aromatic rings. The van der Waals surface area contributed by atoms with Crippen molar-refractivity contribution < 1.29 is 4.79 Å². The van der Waals surface area contributed by atoms with Crippen LogP contribution in [0.5, 0.6) is 0 Å². The Hall–Kier alpha value is -2.40. The third kappa shape index (κ3) is 2.28. The first kappa shape index (κ1) is 11.7. The molecule has 0 aliphatic rings. The molecule has 0 N–H and O–H groups in total. The summed E-state index contributed by atoms with van der Waals surface area (Å²) < 4.78 is 2.69. The van der Waals surface area contributed by atoms with E-state index in [4.69, 9.17) is 11.6 Å². The van der Waals surface area contributed by atoms with Gasteiger partial charge in [0.1, 0.15) is 17.8 Å². The summed E-state index contributed by atoms with van der Waals surface area (Å²) in [6.45, 7) is 0. The molecule has 3 rings (SSSR count). The fraction of sp³-hybridized carbons (Fsp3) is 0. The molecule has 0 bridgehead atoms. The highest BCUT2D eigenvalue weighted by Gasteiger charge is 2.10. The standard InChI is InChI=1S/C13H9ClN4O/c14-12-7-18(9-16-12)13(19)17-6-11(15-8-17)10-4-2-1-3-5-10/h1-9H. The molecule has 0 aliphatic carbocycles. The number of rotatable bonds is 1. The van der Waals surface area contributed by atoms with Gasteiger partial charge in [-0.25, -0.2) is 14.8 Å². The highest BCUT2D eigenvalue weighted by molar-refractivity contribution is 6.29. The SMILES string of the molecule is O=C(n1cnc(Cl)c1)n1cnc(-c2ccccc2)c1. The van der Waals surface area contributed by atoms with E-state index in [1.54, 1.807) is 6.20 Å².